The van der Waals surface area contributed by atoms with Gasteiger partial charge in [-0.2, -0.15) is 5.10 Å². The minimum Gasteiger partial charge on any atom is -0.394 e. The van der Waals surface area contributed by atoms with Gasteiger partial charge in [-0.05, 0) is 49.4 Å². The van der Waals surface area contributed by atoms with Crippen LogP contribution in [0.15, 0.2) is 34.9 Å². The Bertz CT molecular complexity index is 751. The van der Waals surface area contributed by atoms with E-state index in [2.05, 4.69) is 46.2 Å². The minimum absolute atomic E-state index is 0.0988. The fourth-order valence-electron chi connectivity index (χ4n) is 3.67. The van der Waals surface area contributed by atoms with Crippen LogP contribution in [0, 0.1) is 6.92 Å². The van der Waals surface area contributed by atoms with Crippen molar-refractivity contribution in [2.24, 2.45) is 0 Å². The lowest BCUT2D eigenvalue weighted by atomic mass is 9.93. The molecule has 1 saturated heterocycles. The van der Waals surface area contributed by atoms with Gasteiger partial charge in [0, 0.05) is 41.8 Å². The Hall–Kier alpha value is -1.66. The van der Waals surface area contributed by atoms with Gasteiger partial charge in [-0.25, -0.2) is 0 Å². The van der Waals surface area contributed by atoms with Gasteiger partial charge in [0.1, 0.15) is 0 Å². The van der Waals surface area contributed by atoms with Crippen LogP contribution in [0.1, 0.15) is 42.0 Å². The lowest BCUT2D eigenvalue weighted by Crippen LogP contribution is -2.38. The van der Waals surface area contributed by atoms with Gasteiger partial charge in [0.15, 0.2) is 0 Å². The average Bonchev–Trinajstić information content (AvgIpc) is 3.11. The average molecular weight is 420 g/mol. The van der Waals surface area contributed by atoms with Crippen molar-refractivity contribution in [3.05, 3.63) is 51.8 Å². The van der Waals surface area contributed by atoms with E-state index in [0.29, 0.717) is 18.9 Å². The van der Waals surface area contributed by atoms with Crippen LogP contribution in [0.25, 0.3) is 0 Å². The number of hydrogen-bond acceptors (Lipinski definition) is 3. The molecule has 2 aromatic rings. The Morgan fingerprint density at radius 3 is 2.77 bits per heavy atom. The second-order valence-corrected chi connectivity index (χ2v) is 7.80. The maximum atomic E-state index is 12.6. The molecule has 1 aromatic heterocycles. The van der Waals surface area contributed by atoms with Gasteiger partial charge >= 0.3 is 0 Å². The molecule has 2 heterocycles. The first-order valence-electron chi connectivity index (χ1n) is 9.24. The molecule has 1 N–H and O–H groups in total. The van der Waals surface area contributed by atoms with Crippen molar-refractivity contribution in [3.63, 3.8) is 0 Å². The van der Waals surface area contributed by atoms with E-state index in [4.69, 9.17) is 5.11 Å². The van der Waals surface area contributed by atoms with Crippen LogP contribution < -0.4 is 0 Å². The smallest absolute Gasteiger partial charge is 0.222 e. The first-order valence-corrected chi connectivity index (χ1v) is 10.0. The maximum Gasteiger partial charge on any atom is 0.222 e. The molecule has 26 heavy (non-hydrogen) atoms. The summed E-state index contributed by atoms with van der Waals surface area (Å²) in [6, 6.07) is 8.31. The van der Waals surface area contributed by atoms with E-state index >= 15 is 0 Å². The minimum atomic E-state index is 0.0988. The van der Waals surface area contributed by atoms with Crippen LogP contribution in [0.3, 0.4) is 0 Å². The standard InChI is InChI=1S/C20H26BrN3O2/c1-15-14-16(2-4-18(15)21)3-5-20(26)23-10-7-17(8-11-23)19-6-9-22-24(19)12-13-25/h2,4,6,9,14,17,25H,3,5,7-8,10-13H2,1H3. The molecule has 1 aliphatic rings. The molecule has 0 bridgehead atoms. The molecule has 1 amide bonds. The van der Waals surface area contributed by atoms with Crippen molar-refractivity contribution >= 4 is 21.8 Å². The first kappa shape index (κ1) is 19.1. The summed E-state index contributed by atoms with van der Waals surface area (Å²) in [6.07, 6.45) is 5.06. The van der Waals surface area contributed by atoms with Gasteiger partial charge < -0.3 is 10.0 Å². The number of nitrogens with zero attached hydrogens (tertiary/aromatic N) is 3. The number of carbonyl (C=O) groups is 1. The van der Waals surface area contributed by atoms with Crippen molar-refractivity contribution in [1.82, 2.24) is 14.7 Å². The zero-order chi connectivity index (χ0) is 18.5. The summed E-state index contributed by atoms with van der Waals surface area (Å²) in [7, 11) is 0. The first-order chi connectivity index (χ1) is 12.6. The molecule has 5 nitrogen and oxygen atoms in total. The second-order valence-electron chi connectivity index (χ2n) is 6.94. The predicted octanol–water partition coefficient (Wildman–Crippen LogP) is 3.29. The van der Waals surface area contributed by atoms with Crippen molar-refractivity contribution in [1.29, 1.82) is 0 Å². The zero-order valence-electron chi connectivity index (χ0n) is 15.2. The van der Waals surface area contributed by atoms with E-state index in [0.717, 1.165) is 36.8 Å². The Morgan fingerprint density at radius 1 is 1.31 bits per heavy atom. The number of carbonyl (C=O) groups excluding carboxylic acids is 1. The number of aromatic nitrogens is 2. The van der Waals surface area contributed by atoms with Crippen LogP contribution in [0.5, 0.6) is 0 Å². The van der Waals surface area contributed by atoms with Crippen molar-refractivity contribution in [2.45, 2.75) is 45.1 Å². The fourth-order valence-corrected chi connectivity index (χ4v) is 3.91. The van der Waals surface area contributed by atoms with E-state index in [-0.39, 0.29) is 12.5 Å². The molecule has 0 saturated carbocycles. The van der Waals surface area contributed by atoms with E-state index in [9.17, 15) is 4.79 Å². The van der Waals surface area contributed by atoms with E-state index in [1.165, 1.54) is 16.8 Å². The highest BCUT2D eigenvalue weighted by molar-refractivity contribution is 9.10. The molecule has 3 rings (SSSR count). The highest BCUT2D eigenvalue weighted by Gasteiger charge is 2.25. The van der Waals surface area contributed by atoms with Crippen molar-refractivity contribution < 1.29 is 9.90 Å². The molecule has 0 spiro atoms. The number of rotatable bonds is 6. The molecule has 0 radical (unpaired) electrons. The maximum absolute atomic E-state index is 12.6. The van der Waals surface area contributed by atoms with Crippen molar-refractivity contribution in [3.8, 4) is 0 Å². The van der Waals surface area contributed by atoms with Gasteiger partial charge in [0.25, 0.3) is 0 Å². The van der Waals surface area contributed by atoms with Crippen LogP contribution in [-0.2, 0) is 17.8 Å². The number of piperidine rings is 1. The summed E-state index contributed by atoms with van der Waals surface area (Å²) in [5.41, 5.74) is 3.59. The number of hydrogen-bond donors (Lipinski definition) is 1. The summed E-state index contributed by atoms with van der Waals surface area (Å²) < 4.78 is 2.99. The molecular weight excluding hydrogens is 394 g/mol. The molecular formula is C20H26BrN3O2. The van der Waals surface area contributed by atoms with E-state index in [1.807, 2.05) is 15.6 Å². The highest BCUT2D eigenvalue weighted by Crippen LogP contribution is 2.28. The molecule has 1 aromatic carbocycles. The summed E-state index contributed by atoms with van der Waals surface area (Å²) >= 11 is 3.51. The topological polar surface area (TPSA) is 58.4 Å². The van der Waals surface area contributed by atoms with E-state index < -0.39 is 0 Å². The van der Waals surface area contributed by atoms with Gasteiger partial charge in [0.2, 0.25) is 5.91 Å². The lowest BCUT2D eigenvalue weighted by Gasteiger charge is -2.32. The Balaban J connectivity index is 1.50. The number of aliphatic hydroxyl groups is 1. The van der Waals surface area contributed by atoms with Gasteiger partial charge in [-0.1, -0.05) is 28.1 Å². The van der Waals surface area contributed by atoms with E-state index in [1.54, 1.807) is 6.20 Å². The van der Waals surface area contributed by atoms with Gasteiger partial charge in [0.05, 0.1) is 13.2 Å². The molecule has 6 heteroatoms. The lowest BCUT2D eigenvalue weighted by molar-refractivity contribution is -0.132. The third-order valence-corrected chi connectivity index (χ3v) is 6.07. The SMILES string of the molecule is Cc1cc(CCC(=O)N2CCC(c3ccnn3CCO)CC2)ccc1Br. The third-order valence-electron chi connectivity index (χ3n) is 5.18. The van der Waals surface area contributed by atoms with Gasteiger partial charge in [-0.15, -0.1) is 0 Å². The number of halogens is 1. The Kier molecular flexibility index (Phi) is 6.48. The molecule has 0 aliphatic carbocycles. The second kappa shape index (κ2) is 8.82. The molecule has 0 unspecified atom stereocenters. The van der Waals surface area contributed by atoms with Gasteiger partial charge in [-0.3, -0.25) is 9.48 Å². The van der Waals surface area contributed by atoms with Crippen LogP contribution in [0.4, 0.5) is 0 Å². The number of amides is 1. The van der Waals surface area contributed by atoms with Crippen molar-refractivity contribution in [2.75, 3.05) is 19.7 Å². The number of aliphatic hydroxyl groups excluding tert-OH is 1. The van der Waals surface area contributed by atoms with Crippen LogP contribution in [-0.4, -0.2) is 45.4 Å². The normalized spacial score (nSPS) is 15.4. The molecule has 140 valence electrons. The fraction of sp³-hybridized carbons (Fsp3) is 0.500. The number of likely N-dealkylation sites (tertiary alicyclic amines) is 1. The third kappa shape index (κ3) is 4.54. The summed E-state index contributed by atoms with van der Waals surface area (Å²) in [5, 5.41) is 13.4. The number of aryl methyl sites for hydroxylation is 2. The number of benzene rings is 1. The molecule has 1 fully saturated rings. The molecule has 0 atom stereocenters. The largest absolute Gasteiger partial charge is 0.394 e. The Labute approximate surface area is 163 Å². The summed E-state index contributed by atoms with van der Waals surface area (Å²) in [4.78, 5) is 14.5. The zero-order valence-corrected chi connectivity index (χ0v) is 16.8. The summed E-state index contributed by atoms with van der Waals surface area (Å²) in [6.45, 7) is 4.30. The monoisotopic (exact) mass is 419 g/mol. The quantitative estimate of drug-likeness (QED) is 0.781. The predicted molar refractivity (Wildman–Crippen MR) is 105 cm³/mol. The van der Waals surface area contributed by atoms with Crippen LogP contribution in [0.2, 0.25) is 0 Å². The molecule has 1 aliphatic heterocycles. The summed E-state index contributed by atoms with van der Waals surface area (Å²) in [5.74, 6) is 0.662. The van der Waals surface area contributed by atoms with Crippen LogP contribution >= 0.6 is 15.9 Å². The Morgan fingerprint density at radius 2 is 2.08 bits per heavy atom. The highest BCUT2D eigenvalue weighted by atomic mass is 79.9.